The van der Waals surface area contributed by atoms with E-state index in [4.69, 9.17) is 21.1 Å². The van der Waals surface area contributed by atoms with Gasteiger partial charge < -0.3 is 14.8 Å². The van der Waals surface area contributed by atoms with Crippen molar-refractivity contribution in [1.82, 2.24) is 10.2 Å². The first-order valence-electron chi connectivity index (χ1n) is 9.11. The SMILES string of the molecule is CCN(CC)C(CNC(=O)COc1ccccc1Cl)c1cccc(OC)c1. The molecular formula is C21H27ClN2O3. The first-order valence-corrected chi connectivity index (χ1v) is 9.48. The molecule has 0 radical (unpaired) electrons. The monoisotopic (exact) mass is 390 g/mol. The Hall–Kier alpha value is -2.24. The minimum atomic E-state index is -0.185. The van der Waals surface area contributed by atoms with Crippen molar-refractivity contribution in [1.29, 1.82) is 0 Å². The van der Waals surface area contributed by atoms with Gasteiger partial charge in [0.25, 0.3) is 5.91 Å². The van der Waals surface area contributed by atoms with Crippen LogP contribution in [0.4, 0.5) is 0 Å². The van der Waals surface area contributed by atoms with E-state index in [9.17, 15) is 4.79 Å². The third-order valence-corrected chi connectivity index (χ3v) is 4.73. The zero-order chi connectivity index (χ0) is 19.6. The summed E-state index contributed by atoms with van der Waals surface area (Å²) in [7, 11) is 1.65. The smallest absolute Gasteiger partial charge is 0.258 e. The molecule has 2 aromatic rings. The number of carbonyl (C=O) groups is 1. The molecule has 0 aromatic heterocycles. The van der Waals surface area contributed by atoms with Crippen LogP contribution in [0.25, 0.3) is 0 Å². The largest absolute Gasteiger partial charge is 0.497 e. The van der Waals surface area contributed by atoms with Crippen LogP contribution >= 0.6 is 11.6 Å². The van der Waals surface area contributed by atoms with E-state index in [0.29, 0.717) is 17.3 Å². The van der Waals surface area contributed by atoms with Gasteiger partial charge in [0.2, 0.25) is 0 Å². The predicted octanol–water partition coefficient (Wildman–Crippen LogP) is 3.93. The maximum atomic E-state index is 12.3. The summed E-state index contributed by atoms with van der Waals surface area (Å²) in [5.41, 5.74) is 1.10. The molecule has 0 spiro atoms. The highest BCUT2D eigenvalue weighted by atomic mass is 35.5. The number of carbonyl (C=O) groups excluding carboxylic acids is 1. The molecule has 1 N–H and O–H groups in total. The molecule has 0 saturated carbocycles. The standard InChI is InChI=1S/C21H27ClN2O3/c1-4-24(5-2)19(16-9-8-10-17(13-16)26-3)14-23-21(25)15-27-20-12-7-6-11-18(20)22/h6-13,19H,4-5,14-15H2,1-3H3,(H,23,25). The number of hydrogen-bond donors (Lipinski definition) is 1. The second-order valence-electron chi connectivity index (χ2n) is 6.04. The van der Waals surface area contributed by atoms with Crippen LogP contribution < -0.4 is 14.8 Å². The molecule has 0 aliphatic carbocycles. The normalized spacial score (nSPS) is 11.9. The summed E-state index contributed by atoms with van der Waals surface area (Å²) in [5, 5.41) is 3.46. The van der Waals surface area contributed by atoms with E-state index in [0.717, 1.165) is 24.4 Å². The lowest BCUT2D eigenvalue weighted by Crippen LogP contribution is -2.39. The molecule has 5 nitrogen and oxygen atoms in total. The lowest BCUT2D eigenvalue weighted by atomic mass is 10.0. The summed E-state index contributed by atoms with van der Waals surface area (Å²) in [6.07, 6.45) is 0. The van der Waals surface area contributed by atoms with Gasteiger partial charge in [0.1, 0.15) is 11.5 Å². The van der Waals surface area contributed by atoms with Crippen LogP contribution in [-0.4, -0.2) is 44.2 Å². The summed E-state index contributed by atoms with van der Waals surface area (Å²) in [4.78, 5) is 14.6. The molecule has 0 aliphatic heterocycles. The molecule has 0 heterocycles. The molecule has 2 aromatic carbocycles. The van der Waals surface area contributed by atoms with Gasteiger partial charge in [-0.3, -0.25) is 9.69 Å². The van der Waals surface area contributed by atoms with Crippen LogP contribution in [0, 0.1) is 0 Å². The maximum Gasteiger partial charge on any atom is 0.258 e. The molecule has 1 atom stereocenters. The van der Waals surface area contributed by atoms with E-state index >= 15 is 0 Å². The summed E-state index contributed by atoms with van der Waals surface area (Å²) in [6.45, 7) is 6.39. The van der Waals surface area contributed by atoms with Crippen molar-refractivity contribution < 1.29 is 14.3 Å². The Bertz CT molecular complexity index is 735. The van der Waals surface area contributed by atoms with Gasteiger partial charge in [-0.1, -0.05) is 49.7 Å². The van der Waals surface area contributed by atoms with Crippen LogP contribution in [0.1, 0.15) is 25.5 Å². The van der Waals surface area contributed by atoms with Crippen LogP contribution in [0.15, 0.2) is 48.5 Å². The first kappa shape index (κ1) is 21.1. The number of ether oxygens (including phenoxy) is 2. The molecular weight excluding hydrogens is 364 g/mol. The highest BCUT2D eigenvalue weighted by Crippen LogP contribution is 2.24. The van der Waals surface area contributed by atoms with Gasteiger partial charge in [-0.15, -0.1) is 0 Å². The Kier molecular flexibility index (Phi) is 8.43. The van der Waals surface area contributed by atoms with Crippen molar-refractivity contribution in [2.24, 2.45) is 0 Å². The number of rotatable bonds is 10. The second kappa shape index (κ2) is 10.8. The van der Waals surface area contributed by atoms with E-state index in [1.165, 1.54) is 0 Å². The van der Waals surface area contributed by atoms with Crippen LogP contribution in [0.3, 0.4) is 0 Å². The number of nitrogens with one attached hydrogen (secondary N) is 1. The third-order valence-electron chi connectivity index (χ3n) is 4.42. The lowest BCUT2D eigenvalue weighted by Gasteiger charge is -2.30. The summed E-state index contributed by atoms with van der Waals surface area (Å²) in [6, 6.07) is 15.1. The van der Waals surface area contributed by atoms with Gasteiger partial charge in [-0.25, -0.2) is 0 Å². The summed E-state index contributed by atoms with van der Waals surface area (Å²) >= 11 is 6.05. The topological polar surface area (TPSA) is 50.8 Å². The zero-order valence-electron chi connectivity index (χ0n) is 16.1. The Balaban J connectivity index is 2.00. The van der Waals surface area contributed by atoms with E-state index < -0.39 is 0 Å². The third kappa shape index (κ3) is 6.15. The quantitative estimate of drug-likeness (QED) is 0.667. The van der Waals surface area contributed by atoms with E-state index in [1.54, 1.807) is 19.2 Å². The fraction of sp³-hybridized carbons (Fsp3) is 0.381. The Labute approximate surface area is 166 Å². The molecule has 1 amide bonds. The number of halogens is 1. The number of hydrogen-bond acceptors (Lipinski definition) is 4. The Morgan fingerprint density at radius 1 is 1.15 bits per heavy atom. The second-order valence-corrected chi connectivity index (χ2v) is 6.44. The predicted molar refractivity (Wildman–Crippen MR) is 109 cm³/mol. The van der Waals surface area contributed by atoms with Crippen LogP contribution in [-0.2, 0) is 4.79 Å². The fourth-order valence-electron chi connectivity index (χ4n) is 2.94. The van der Waals surface area contributed by atoms with E-state index in [-0.39, 0.29) is 18.6 Å². The van der Waals surface area contributed by atoms with Crippen molar-refractivity contribution in [2.45, 2.75) is 19.9 Å². The minimum absolute atomic E-state index is 0.0550. The molecule has 2 rings (SSSR count). The van der Waals surface area contributed by atoms with Gasteiger partial charge >= 0.3 is 0 Å². The molecule has 146 valence electrons. The number of likely N-dealkylation sites (N-methyl/N-ethyl adjacent to an activating group) is 1. The average molecular weight is 391 g/mol. The molecule has 0 bridgehead atoms. The highest BCUT2D eigenvalue weighted by molar-refractivity contribution is 6.32. The first-order chi connectivity index (χ1) is 13.1. The highest BCUT2D eigenvalue weighted by Gasteiger charge is 2.19. The fourth-order valence-corrected chi connectivity index (χ4v) is 3.13. The molecule has 1 unspecified atom stereocenters. The van der Waals surface area contributed by atoms with E-state index in [2.05, 4.69) is 30.1 Å². The van der Waals surface area contributed by atoms with Crippen molar-refractivity contribution in [3.05, 3.63) is 59.1 Å². The van der Waals surface area contributed by atoms with Crippen molar-refractivity contribution in [2.75, 3.05) is 33.4 Å². The van der Waals surface area contributed by atoms with Crippen molar-refractivity contribution >= 4 is 17.5 Å². The average Bonchev–Trinajstić information content (AvgIpc) is 2.70. The van der Waals surface area contributed by atoms with Gasteiger partial charge in [0.05, 0.1) is 18.2 Å². The van der Waals surface area contributed by atoms with Crippen molar-refractivity contribution in [3.63, 3.8) is 0 Å². The molecule has 6 heteroatoms. The number of nitrogens with zero attached hydrogens (tertiary/aromatic N) is 1. The van der Waals surface area contributed by atoms with Crippen LogP contribution in [0.2, 0.25) is 5.02 Å². The molecule has 0 aliphatic rings. The van der Waals surface area contributed by atoms with Gasteiger partial charge in [-0.05, 0) is 42.9 Å². The lowest BCUT2D eigenvalue weighted by molar-refractivity contribution is -0.123. The van der Waals surface area contributed by atoms with Gasteiger partial charge in [-0.2, -0.15) is 0 Å². The number of methoxy groups -OCH3 is 1. The van der Waals surface area contributed by atoms with Crippen molar-refractivity contribution in [3.8, 4) is 11.5 Å². The van der Waals surface area contributed by atoms with E-state index in [1.807, 2.05) is 30.3 Å². The Morgan fingerprint density at radius 2 is 1.89 bits per heavy atom. The molecule has 27 heavy (non-hydrogen) atoms. The number of benzene rings is 2. The number of amides is 1. The summed E-state index contributed by atoms with van der Waals surface area (Å²) in [5.74, 6) is 1.12. The zero-order valence-corrected chi connectivity index (χ0v) is 16.8. The molecule has 0 fully saturated rings. The van der Waals surface area contributed by atoms with Crippen LogP contribution in [0.5, 0.6) is 11.5 Å². The Morgan fingerprint density at radius 3 is 2.56 bits per heavy atom. The maximum absolute atomic E-state index is 12.3. The van der Waals surface area contributed by atoms with Gasteiger partial charge in [0.15, 0.2) is 6.61 Å². The summed E-state index contributed by atoms with van der Waals surface area (Å²) < 4.78 is 10.8. The van der Waals surface area contributed by atoms with Gasteiger partial charge in [0, 0.05) is 6.54 Å². The molecule has 0 saturated heterocycles. The number of para-hydroxylation sites is 1. The minimum Gasteiger partial charge on any atom is -0.497 e.